The number of anilines is 1. The van der Waals surface area contributed by atoms with Crippen LogP contribution < -0.4 is 10.6 Å². The largest absolute Gasteiger partial charge is 0.356 e. The van der Waals surface area contributed by atoms with Gasteiger partial charge in [-0.25, -0.2) is 4.39 Å². The van der Waals surface area contributed by atoms with Crippen LogP contribution in [0.1, 0.15) is 56.9 Å². The van der Waals surface area contributed by atoms with E-state index < -0.39 is 0 Å². The van der Waals surface area contributed by atoms with Crippen LogP contribution in [0.2, 0.25) is 0 Å². The van der Waals surface area contributed by atoms with Crippen molar-refractivity contribution in [1.82, 2.24) is 5.32 Å². The number of amides is 2. The van der Waals surface area contributed by atoms with Gasteiger partial charge in [-0.15, -0.1) is 0 Å². The first-order valence-electron chi connectivity index (χ1n) is 10.3. The predicted molar refractivity (Wildman–Crippen MR) is 103 cm³/mol. The van der Waals surface area contributed by atoms with Crippen molar-refractivity contribution in [2.45, 2.75) is 58.3 Å². The number of carbonyl (C=O) groups excluding carboxylic acids is 2. The monoisotopic (exact) mass is 372 g/mol. The zero-order valence-corrected chi connectivity index (χ0v) is 16.0. The Hall–Kier alpha value is -1.91. The molecule has 2 N–H and O–H groups in total. The highest BCUT2D eigenvalue weighted by atomic mass is 19.1. The van der Waals surface area contributed by atoms with Gasteiger partial charge in [0.15, 0.2) is 0 Å². The van der Waals surface area contributed by atoms with Crippen LogP contribution in [0.5, 0.6) is 0 Å². The molecule has 146 valence electrons. The second-order valence-electron chi connectivity index (χ2n) is 9.06. The molecule has 4 saturated carbocycles. The maximum absolute atomic E-state index is 13.3. The summed E-state index contributed by atoms with van der Waals surface area (Å²) in [4.78, 5) is 25.0. The van der Waals surface area contributed by atoms with Crippen LogP contribution >= 0.6 is 0 Å². The fourth-order valence-corrected chi connectivity index (χ4v) is 5.97. The third-order valence-electron chi connectivity index (χ3n) is 6.86. The minimum Gasteiger partial charge on any atom is -0.356 e. The van der Waals surface area contributed by atoms with Crippen molar-refractivity contribution in [3.63, 3.8) is 0 Å². The van der Waals surface area contributed by atoms with Crippen molar-refractivity contribution in [3.8, 4) is 0 Å². The lowest BCUT2D eigenvalue weighted by atomic mass is 9.49. The average molecular weight is 372 g/mol. The van der Waals surface area contributed by atoms with Crippen molar-refractivity contribution in [3.05, 3.63) is 29.6 Å². The first-order chi connectivity index (χ1) is 12.9. The van der Waals surface area contributed by atoms with Gasteiger partial charge in [0.25, 0.3) is 0 Å². The lowest BCUT2D eigenvalue weighted by molar-refractivity contribution is -0.146. The number of nitrogens with one attached hydrogen (secondary N) is 2. The van der Waals surface area contributed by atoms with Crippen LogP contribution in [0.4, 0.5) is 10.1 Å². The summed E-state index contributed by atoms with van der Waals surface area (Å²) in [6, 6.07) is 4.36. The normalized spacial score (nSPS) is 31.0. The van der Waals surface area contributed by atoms with E-state index in [4.69, 9.17) is 0 Å². The Bertz CT molecular complexity index is 711. The number of hydrogen-bond acceptors (Lipinski definition) is 2. The van der Waals surface area contributed by atoms with E-state index in [2.05, 4.69) is 10.6 Å². The Morgan fingerprint density at radius 1 is 1.11 bits per heavy atom. The van der Waals surface area contributed by atoms with Gasteiger partial charge in [-0.3, -0.25) is 9.59 Å². The van der Waals surface area contributed by atoms with Gasteiger partial charge in [0.1, 0.15) is 5.82 Å². The molecule has 0 atom stereocenters. The second kappa shape index (κ2) is 7.25. The molecule has 2 amide bonds. The molecule has 4 aliphatic carbocycles. The van der Waals surface area contributed by atoms with Gasteiger partial charge in [0, 0.05) is 24.1 Å². The highest BCUT2D eigenvalue weighted by Crippen LogP contribution is 2.60. The Labute approximate surface area is 160 Å². The Morgan fingerprint density at radius 2 is 1.74 bits per heavy atom. The van der Waals surface area contributed by atoms with Crippen LogP contribution in [-0.2, 0) is 9.59 Å². The van der Waals surface area contributed by atoms with Crippen molar-refractivity contribution in [2.24, 2.45) is 23.2 Å². The van der Waals surface area contributed by atoms with E-state index in [1.54, 1.807) is 6.07 Å². The summed E-state index contributed by atoms with van der Waals surface area (Å²) in [7, 11) is 0. The van der Waals surface area contributed by atoms with Gasteiger partial charge in [0.2, 0.25) is 11.8 Å². The molecule has 4 nitrogen and oxygen atoms in total. The predicted octanol–water partition coefficient (Wildman–Crippen LogP) is 4.19. The highest BCUT2D eigenvalue weighted by molar-refractivity contribution is 5.91. The molecule has 0 saturated heterocycles. The summed E-state index contributed by atoms with van der Waals surface area (Å²) < 4.78 is 13.3. The van der Waals surface area contributed by atoms with Crippen LogP contribution in [0.25, 0.3) is 0 Å². The van der Waals surface area contributed by atoms with Gasteiger partial charge >= 0.3 is 0 Å². The first-order valence-corrected chi connectivity index (χ1v) is 10.3. The number of hydrogen-bond donors (Lipinski definition) is 2. The minimum atomic E-state index is -0.362. The van der Waals surface area contributed by atoms with Gasteiger partial charge < -0.3 is 10.6 Å². The summed E-state index contributed by atoms with van der Waals surface area (Å²) in [5.74, 6) is 1.96. The fourth-order valence-electron chi connectivity index (χ4n) is 5.97. The van der Waals surface area contributed by atoms with Gasteiger partial charge in [-0.05, 0) is 87.3 Å². The molecule has 1 aromatic rings. The van der Waals surface area contributed by atoms with Crippen molar-refractivity contribution >= 4 is 17.5 Å². The van der Waals surface area contributed by atoms with E-state index in [1.807, 2.05) is 6.92 Å². The third kappa shape index (κ3) is 3.87. The Kier molecular flexibility index (Phi) is 4.95. The molecule has 5 rings (SSSR count). The zero-order chi connectivity index (χ0) is 19.0. The summed E-state index contributed by atoms with van der Waals surface area (Å²) in [6.45, 7) is 2.36. The molecule has 0 unspecified atom stereocenters. The average Bonchev–Trinajstić information content (AvgIpc) is 2.60. The van der Waals surface area contributed by atoms with E-state index >= 15 is 0 Å². The minimum absolute atomic E-state index is 0.129. The summed E-state index contributed by atoms with van der Waals surface area (Å²) in [6.07, 6.45) is 8.07. The number of benzene rings is 1. The quantitative estimate of drug-likeness (QED) is 0.736. The maximum Gasteiger partial charge on any atom is 0.226 e. The molecule has 4 aliphatic rings. The molecule has 0 aliphatic heterocycles. The summed E-state index contributed by atoms with van der Waals surface area (Å²) in [5.41, 5.74) is 1.22. The molecule has 0 spiro atoms. The number of halogens is 1. The van der Waals surface area contributed by atoms with E-state index in [0.29, 0.717) is 25.1 Å². The van der Waals surface area contributed by atoms with Crippen LogP contribution in [-0.4, -0.2) is 18.4 Å². The van der Waals surface area contributed by atoms with E-state index in [-0.39, 0.29) is 23.0 Å². The standard InChI is InChI=1S/C22H29FN2O2/c1-14-4-5-18(23)10-19(14)25-20(26)3-2-6-24-21(27)22-11-15-7-16(12-22)9-17(8-15)13-22/h4-5,10,15-17H,2-3,6-9,11-13H2,1H3,(H,24,27)(H,25,26). The van der Waals surface area contributed by atoms with Crippen molar-refractivity contribution in [2.75, 3.05) is 11.9 Å². The van der Waals surface area contributed by atoms with Crippen molar-refractivity contribution in [1.29, 1.82) is 0 Å². The molecule has 5 heteroatoms. The number of aryl methyl sites for hydroxylation is 1. The van der Waals surface area contributed by atoms with Crippen LogP contribution in [0, 0.1) is 35.9 Å². The Balaban J connectivity index is 1.23. The third-order valence-corrected chi connectivity index (χ3v) is 6.86. The topological polar surface area (TPSA) is 58.2 Å². The van der Waals surface area contributed by atoms with Crippen molar-refractivity contribution < 1.29 is 14.0 Å². The molecular formula is C22H29FN2O2. The zero-order valence-electron chi connectivity index (χ0n) is 16.0. The second-order valence-corrected chi connectivity index (χ2v) is 9.06. The van der Waals surface area contributed by atoms with Gasteiger partial charge in [-0.2, -0.15) is 0 Å². The van der Waals surface area contributed by atoms with Gasteiger partial charge in [0.05, 0.1) is 0 Å². The lowest BCUT2D eigenvalue weighted by Gasteiger charge is -2.55. The number of rotatable bonds is 6. The van der Waals surface area contributed by atoms with E-state index in [0.717, 1.165) is 42.6 Å². The molecule has 0 radical (unpaired) electrons. The highest BCUT2D eigenvalue weighted by Gasteiger charge is 2.54. The molecular weight excluding hydrogens is 343 g/mol. The lowest BCUT2D eigenvalue weighted by Crippen LogP contribution is -2.53. The smallest absolute Gasteiger partial charge is 0.226 e. The molecule has 0 heterocycles. The molecule has 27 heavy (non-hydrogen) atoms. The molecule has 4 bridgehead atoms. The van der Waals surface area contributed by atoms with Crippen LogP contribution in [0.3, 0.4) is 0 Å². The summed E-state index contributed by atoms with van der Waals surface area (Å²) in [5, 5.41) is 5.86. The van der Waals surface area contributed by atoms with Crippen LogP contribution in [0.15, 0.2) is 18.2 Å². The summed E-state index contributed by atoms with van der Waals surface area (Å²) >= 11 is 0. The maximum atomic E-state index is 13.3. The van der Waals surface area contributed by atoms with E-state index in [1.165, 1.54) is 31.4 Å². The Morgan fingerprint density at radius 3 is 2.37 bits per heavy atom. The molecule has 1 aromatic carbocycles. The van der Waals surface area contributed by atoms with Gasteiger partial charge in [-0.1, -0.05) is 6.07 Å². The molecule has 4 fully saturated rings. The number of carbonyl (C=O) groups is 2. The fraction of sp³-hybridized carbons (Fsp3) is 0.636. The van der Waals surface area contributed by atoms with E-state index in [9.17, 15) is 14.0 Å². The first kappa shape index (κ1) is 18.5. The molecule has 0 aromatic heterocycles. The SMILES string of the molecule is Cc1ccc(F)cc1NC(=O)CCCNC(=O)C12CC3CC(CC(C3)C1)C2.